The fraction of sp³-hybridized carbons (Fsp3) is 0.500. The van der Waals surface area contributed by atoms with E-state index in [1.807, 2.05) is 30.0 Å². The van der Waals surface area contributed by atoms with Crippen molar-refractivity contribution < 1.29 is 4.79 Å². The minimum absolute atomic E-state index is 0.0853. The van der Waals surface area contributed by atoms with Crippen LogP contribution in [0.15, 0.2) is 18.2 Å². The molecule has 1 aliphatic rings. The summed E-state index contributed by atoms with van der Waals surface area (Å²) in [5, 5.41) is 0. The number of nitrogens with two attached hydrogens (primary N) is 1. The molecular weight excluding hydrogens is 212 g/mol. The SMILES string of the molecule is CCC1CCN(C(=O)c2cc(C)ccc2N)C1. The number of anilines is 1. The highest BCUT2D eigenvalue weighted by Gasteiger charge is 2.26. The summed E-state index contributed by atoms with van der Waals surface area (Å²) in [5.74, 6) is 0.743. The highest BCUT2D eigenvalue weighted by Crippen LogP contribution is 2.23. The molecule has 0 spiro atoms. The number of hydrogen-bond donors (Lipinski definition) is 1. The minimum Gasteiger partial charge on any atom is -0.398 e. The lowest BCUT2D eigenvalue weighted by Crippen LogP contribution is -2.29. The first-order chi connectivity index (χ1) is 8.11. The zero-order valence-corrected chi connectivity index (χ0v) is 10.6. The molecule has 2 rings (SSSR count). The standard InChI is InChI=1S/C14H20N2O/c1-3-11-6-7-16(9-11)14(17)12-8-10(2)4-5-13(12)15/h4-5,8,11H,3,6-7,9,15H2,1-2H3. The van der Waals surface area contributed by atoms with Gasteiger partial charge in [-0.15, -0.1) is 0 Å². The molecule has 0 aliphatic carbocycles. The fourth-order valence-electron chi connectivity index (χ4n) is 2.38. The maximum Gasteiger partial charge on any atom is 0.255 e. The van der Waals surface area contributed by atoms with Crippen LogP contribution in [0.3, 0.4) is 0 Å². The Morgan fingerprint density at radius 2 is 2.29 bits per heavy atom. The fourth-order valence-corrected chi connectivity index (χ4v) is 2.38. The molecule has 0 saturated carbocycles. The van der Waals surface area contributed by atoms with Gasteiger partial charge >= 0.3 is 0 Å². The van der Waals surface area contributed by atoms with Crippen molar-refractivity contribution in [2.75, 3.05) is 18.8 Å². The lowest BCUT2D eigenvalue weighted by Gasteiger charge is -2.17. The summed E-state index contributed by atoms with van der Waals surface area (Å²) in [6.07, 6.45) is 2.26. The highest BCUT2D eigenvalue weighted by atomic mass is 16.2. The molecule has 1 fully saturated rings. The van der Waals surface area contributed by atoms with Crippen molar-refractivity contribution in [3.05, 3.63) is 29.3 Å². The van der Waals surface area contributed by atoms with Gasteiger partial charge in [-0.1, -0.05) is 25.0 Å². The third-order valence-electron chi connectivity index (χ3n) is 3.59. The molecule has 3 nitrogen and oxygen atoms in total. The van der Waals surface area contributed by atoms with Crippen LogP contribution in [0.1, 0.15) is 35.7 Å². The molecule has 1 aromatic carbocycles. The van der Waals surface area contributed by atoms with E-state index < -0.39 is 0 Å². The predicted molar refractivity (Wildman–Crippen MR) is 69.9 cm³/mol. The summed E-state index contributed by atoms with van der Waals surface area (Å²) < 4.78 is 0. The smallest absolute Gasteiger partial charge is 0.255 e. The van der Waals surface area contributed by atoms with Crippen LogP contribution in [0.5, 0.6) is 0 Å². The second-order valence-corrected chi connectivity index (χ2v) is 4.90. The molecule has 1 aromatic rings. The third kappa shape index (κ3) is 2.43. The van der Waals surface area contributed by atoms with Crippen molar-refractivity contribution in [2.24, 2.45) is 5.92 Å². The number of likely N-dealkylation sites (tertiary alicyclic amines) is 1. The molecule has 1 unspecified atom stereocenters. The van der Waals surface area contributed by atoms with Crippen molar-refractivity contribution in [1.82, 2.24) is 4.90 Å². The Morgan fingerprint density at radius 3 is 2.94 bits per heavy atom. The average molecular weight is 232 g/mol. The lowest BCUT2D eigenvalue weighted by molar-refractivity contribution is 0.0788. The quantitative estimate of drug-likeness (QED) is 0.796. The van der Waals surface area contributed by atoms with E-state index in [0.717, 1.165) is 31.5 Å². The summed E-state index contributed by atoms with van der Waals surface area (Å²) in [6.45, 7) is 5.90. The summed E-state index contributed by atoms with van der Waals surface area (Å²) in [6, 6.07) is 5.64. The normalized spacial score (nSPS) is 19.6. The van der Waals surface area contributed by atoms with Gasteiger partial charge in [-0.3, -0.25) is 4.79 Å². The predicted octanol–water partition coefficient (Wildman–Crippen LogP) is 2.45. The van der Waals surface area contributed by atoms with Crippen molar-refractivity contribution >= 4 is 11.6 Å². The van der Waals surface area contributed by atoms with E-state index in [9.17, 15) is 4.79 Å². The zero-order chi connectivity index (χ0) is 12.4. The van der Waals surface area contributed by atoms with Crippen molar-refractivity contribution in [2.45, 2.75) is 26.7 Å². The van der Waals surface area contributed by atoms with E-state index >= 15 is 0 Å². The molecule has 17 heavy (non-hydrogen) atoms. The number of amides is 1. The maximum absolute atomic E-state index is 12.3. The monoisotopic (exact) mass is 232 g/mol. The van der Waals surface area contributed by atoms with Crippen LogP contribution in [0, 0.1) is 12.8 Å². The third-order valence-corrected chi connectivity index (χ3v) is 3.59. The molecule has 1 atom stereocenters. The lowest BCUT2D eigenvalue weighted by atomic mass is 10.1. The van der Waals surface area contributed by atoms with E-state index in [0.29, 0.717) is 17.2 Å². The molecule has 92 valence electrons. The molecular formula is C14H20N2O. The first kappa shape index (κ1) is 12.0. The number of hydrogen-bond acceptors (Lipinski definition) is 2. The Morgan fingerprint density at radius 1 is 1.53 bits per heavy atom. The van der Waals surface area contributed by atoms with Gasteiger partial charge in [0.05, 0.1) is 5.56 Å². The number of nitrogen functional groups attached to an aromatic ring is 1. The van der Waals surface area contributed by atoms with Crippen LogP contribution in [-0.4, -0.2) is 23.9 Å². The largest absolute Gasteiger partial charge is 0.398 e. The highest BCUT2D eigenvalue weighted by molar-refractivity contribution is 5.99. The Bertz CT molecular complexity index is 428. The Labute approximate surface area is 103 Å². The summed E-state index contributed by atoms with van der Waals surface area (Å²) in [7, 11) is 0. The second-order valence-electron chi connectivity index (χ2n) is 4.90. The van der Waals surface area contributed by atoms with Gasteiger partial charge in [0, 0.05) is 18.8 Å². The Hall–Kier alpha value is -1.51. The van der Waals surface area contributed by atoms with Gasteiger partial charge in [0.15, 0.2) is 0 Å². The van der Waals surface area contributed by atoms with Gasteiger partial charge in [0.2, 0.25) is 0 Å². The summed E-state index contributed by atoms with van der Waals surface area (Å²) >= 11 is 0. The number of carbonyl (C=O) groups is 1. The molecule has 1 heterocycles. The molecule has 0 aromatic heterocycles. The summed E-state index contributed by atoms with van der Waals surface area (Å²) in [5.41, 5.74) is 8.19. The molecule has 0 radical (unpaired) electrons. The number of aryl methyl sites for hydroxylation is 1. The Balaban J connectivity index is 2.17. The van der Waals surface area contributed by atoms with E-state index in [-0.39, 0.29) is 5.91 Å². The van der Waals surface area contributed by atoms with Crippen molar-refractivity contribution in [3.63, 3.8) is 0 Å². The van der Waals surface area contributed by atoms with Crippen LogP contribution in [0.4, 0.5) is 5.69 Å². The number of nitrogens with zero attached hydrogens (tertiary/aromatic N) is 1. The van der Waals surface area contributed by atoms with E-state index in [4.69, 9.17) is 5.73 Å². The van der Waals surface area contributed by atoms with Gasteiger partial charge < -0.3 is 10.6 Å². The second kappa shape index (κ2) is 4.78. The van der Waals surface area contributed by atoms with E-state index in [2.05, 4.69) is 6.92 Å². The average Bonchev–Trinajstić information content (AvgIpc) is 2.80. The maximum atomic E-state index is 12.3. The van der Waals surface area contributed by atoms with Crippen LogP contribution in [-0.2, 0) is 0 Å². The molecule has 1 saturated heterocycles. The topological polar surface area (TPSA) is 46.3 Å². The first-order valence-electron chi connectivity index (χ1n) is 6.27. The van der Waals surface area contributed by atoms with Crippen LogP contribution in [0.25, 0.3) is 0 Å². The van der Waals surface area contributed by atoms with Crippen molar-refractivity contribution in [3.8, 4) is 0 Å². The van der Waals surface area contributed by atoms with Gasteiger partial charge in [-0.2, -0.15) is 0 Å². The van der Waals surface area contributed by atoms with Crippen LogP contribution in [0.2, 0.25) is 0 Å². The van der Waals surface area contributed by atoms with Crippen LogP contribution >= 0.6 is 0 Å². The molecule has 2 N–H and O–H groups in total. The number of carbonyl (C=O) groups excluding carboxylic acids is 1. The number of rotatable bonds is 2. The van der Waals surface area contributed by atoms with Gasteiger partial charge in [0.1, 0.15) is 0 Å². The van der Waals surface area contributed by atoms with Gasteiger partial charge in [0.25, 0.3) is 5.91 Å². The first-order valence-corrected chi connectivity index (χ1v) is 6.27. The molecule has 0 bridgehead atoms. The minimum atomic E-state index is 0.0853. The van der Waals surface area contributed by atoms with Crippen LogP contribution < -0.4 is 5.73 Å². The van der Waals surface area contributed by atoms with Gasteiger partial charge in [-0.05, 0) is 31.4 Å². The van der Waals surface area contributed by atoms with E-state index in [1.165, 1.54) is 0 Å². The number of benzene rings is 1. The van der Waals surface area contributed by atoms with Crippen molar-refractivity contribution in [1.29, 1.82) is 0 Å². The molecule has 1 amide bonds. The Kier molecular flexibility index (Phi) is 3.36. The molecule has 3 heteroatoms. The summed E-state index contributed by atoms with van der Waals surface area (Å²) in [4.78, 5) is 14.3. The zero-order valence-electron chi connectivity index (χ0n) is 10.6. The van der Waals surface area contributed by atoms with Gasteiger partial charge in [-0.25, -0.2) is 0 Å². The molecule has 1 aliphatic heterocycles. The van der Waals surface area contributed by atoms with E-state index in [1.54, 1.807) is 0 Å².